The van der Waals surface area contributed by atoms with Crippen molar-refractivity contribution in [2.45, 2.75) is 71.7 Å². The third-order valence-electron chi connectivity index (χ3n) is 3.69. The normalized spacial score (nSPS) is 25.4. The van der Waals surface area contributed by atoms with E-state index in [2.05, 4.69) is 5.32 Å². The van der Waals surface area contributed by atoms with E-state index in [0.717, 1.165) is 20.8 Å². The SMILES string of the molecule is CCCOC(=S)N[C@@H]1O[C@H](COC(C)=O)[C@@H](OC(C)=O)[C@H](OC(C)=O)[C@H]1OC(C)=O. The summed E-state index contributed by atoms with van der Waals surface area (Å²) in [4.78, 5) is 46.3. The summed E-state index contributed by atoms with van der Waals surface area (Å²) in [6.45, 7) is 6.53. The van der Waals surface area contributed by atoms with Gasteiger partial charge >= 0.3 is 23.9 Å². The van der Waals surface area contributed by atoms with Crippen molar-refractivity contribution < 1.29 is 47.6 Å². The highest BCUT2D eigenvalue weighted by molar-refractivity contribution is 7.80. The maximum absolute atomic E-state index is 11.7. The van der Waals surface area contributed by atoms with Gasteiger partial charge in [0.1, 0.15) is 12.7 Å². The van der Waals surface area contributed by atoms with Crippen LogP contribution in [-0.4, -0.2) is 72.9 Å². The maximum atomic E-state index is 11.7. The van der Waals surface area contributed by atoms with Gasteiger partial charge in [-0.25, -0.2) is 0 Å². The Morgan fingerprint density at radius 1 is 0.833 bits per heavy atom. The lowest BCUT2D eigenvalue weighted by molar-refractivity contribution is -0.255. The Labute approximate surface area is 179 Å². The van der Waals surface area contributed by atoms with Gasteiger partial charge in [-0.15, -0.1) is 0 Å². The number of hydrogen-bond donors (Lipinski definition) is 1. The Kier molecular flexibility index (Phi) is 10.5. The minimum Gasteiger partial charge on any atom is -0.471 e. The molecule has 11 nitrogen and oxygen atoms in total. The van der Waals surface area contributed by atoms with Gasteiger partial charge in [0.05, 0.1) is 6.61 Å². The van der Waals surface area contributed by atoms with E-state index in [1.165, 1.54) is 6.92 Å². The van der Waals surface area contributed by atoms with Gasteiger partial charge in [-0.05, 0) is 18.6 Å². The fraction of sp³-hybridized carbons (Fsp3) is 0.722. The summed E-state index contributed by atoms with van der Waals surface area (Å²) in [5.41, 5.74) is 0. The number of nitrogens with one attached hydrogen (secondary N) is 1. The number of carbonyl (C=O) groups is 4. The van der Waals surface area contributed by atoms with Crippen LogP contribution in [0.15, 0.2) is 0 Å². The van der Waals surface area contributed by atoms with Crippen LogP contribution in [0.5, 0.6) is 0 Å². The van der Waals surface area contributed by atoms with Crippen molar-refractivity contribution in [1.82, 2.24) is 5.32 Å². The first kappa shape index (κ1) is 25.6. The van der Waals surface area contributed by atoms with Crippen molar-refractivity contribution in [3.63, 3.8) is 0 Å². The predicted octanol–water partition coefficient (Wildman–Crippen LogP) is 0.371. The molecule has 0 aromatic heterocycles. The lowest BCUT2D eigenvalue weighted by Crippen LogP contribution is -2.66. The molecule has 170 valence electrons. The van der Waals surface area contributed by atoms with Crippen molar-refractivity contribution in [3.05, 3.63) is 0 Å². The standard InChI is InChI=1S/C18H27NO10S/c1-6-7-24-18(30)19-17-16(28-12(5)23)15(27-11(4)22)14(26-10(3)21)13(29-17)8-25-9(2)20/h13-17H,6-8H2,1-5H3,(H,19,30)/t13-,14-,15+,16-,17-/m1/s1. The van der Waals surface area contributed by atoms with Gasteiger partial charge in [0.25, 0.3) is 5.17 Å². The molecule has 0 bridgehead atoms. The number of hydrogen-bond acceptors (Lipinski definition) is 11. The molecule has 0 saturated carbocycles. The maximum Gasteiger partial charge on any atom is 0.303 e. The fourth-order valence-corrected chi connectivity index (χ4v) is 2.90. The van der Waals surface area contributed by atoms with E-state index in [-0.39, 0.29) is 11.8 Å². The predicted molar refractivity (Wildman–Crippen MR) is 104 cm³/mol. The topological polar surface area (TPSA) is 136 Å². The number of rotatable bonds is 8. The number of carbonyl (C=O) groups excluding carboxylic acids is 4. The van der Waals surface area contributed by atoms with Gasteiger partial charge < -0.3 is 33.7 Å². The molecular formula is C18H27NO10S. The summed E-state index contributed by atoms with van der Waals surface area (Å²) in [7, 11) is 0. The van der Waals surface area contributed by atoms with Crippen molar-refractivity contribution in [1.29, 1.82) is 0 Å². The van der Waals surface area contributed by atoms with Crippen LogP contribution in [0.3, 0.4) is 0 Å². The quantitative estimate of drug-likeness (QED) is 0.311. The molecule has 5 atom stereocenters. The minimum absolute atomic E-state index is 0.0438. The molecule has 0 radical (unpaired) electrons. The molecule has 1 rings (SSSR count). The van der Waals surface area contributed by atoms with E-state index in [4.69, 9.17) is 40.6 Å². The molecule has 0 aromatic carbocycles. The lowest BCUT2D eigenvalue weighted by atomic mass is 9.97. The zero-order chi connectivity index (χ0) is 22.8. The van der Waals surface area contributed by atoms with Crippen LogP contribution in [0.25, 0.3) is 0 Å². The smallest absolute Gasteiger partial charge is 0.303 e. The van der Waals surface area contributed by atoms with E-state index in [0.29, 0.717) is 13.0 Å². The van der Waals surface area contributed by atoms with Crippen LogP contribution in [0, 0.1) is 0 Å². The Morgan fingerprint density at radius 3 is 1.87 bits per heavy atom. The van der Waals surface area contributed by atoms with Gasteiger partial charge in [0, 0.05) is 27.7 Å². The first-order chi connectivity index (χ1) is 14.0. The molecule has 0 spiro atoms. The fourth-order valence-electron chi connectivity index (χ4n) is 2.70. The van der Waals surface area contributed by atoms with E-state index in [9.17, 15) is 19.2 Å². The molecule has 1 saturated heterocycles. The van der Waals surface area contributed by atoms with Crippen LogP contribution >= 0.6 is 12.2 Å². The second-order valence-corrected chi connectivity index (χ2v) is 6.77. The molecular weight excluding hydrogens is 422 g/mol. The third-order valence-corrected chi connectivity index (χ3v) is 3.92. The molecule has 0 amide bonds. The molecule has 0 aromatic rings. The van der Waals surface area contributed by atoms with E-state index in [1.807, 2.05) is 6.92 Å². The van der Waals surface area contributed by atoms with Crippen molar-refractivity contribution >= 4 is 41.3 Å². The van der Waals surface area contributed by atoms with Crippen LogP contribution in [-0.2, 0) is 47.6 Å². The van der Waals surface area contributed by atoms with E-state index in [1.54, 1.807) is 0 Å². The summed E-state index contributed by atoms with van der Waals surface area (Å²) in [5.74, 6) is -2.72. The van der Waals surface area contributed by atoms with Crippen LogP contribution in [0.2, 0.25) is 0 Å². The molecule has 12 heteroatoms. The number of ether oxygens (including phenoxy) is 6. The zero-order valence-corrected chi connectivity index (χ0v) is 18.3. The molecule has 1 heterocycles. The Morgan fingerprint density at radius 2 is 1.37 bits per heavy atom. The molecule has 1 aliphatic heterocycles. The highest BCUT2D eigenvalue weighted by Crippen LogP contribution is 2.28. The largest absolute Gasteiger partial charge is 0.471 e. The van der Waals surface area contributed by atoms with Crippen molar-refractivity contribution in [2.75, 3.05) is 13.2 Å². The monoisotopic (exact) mass is 449 g/mol. The van der Waals surface area contributed by atoms with E-state index < -0.39 is 54.5 Å². The summed E-state index contributed by atoms with van der Waals surface area (Å²) in [6.07, 6.45) is -5.24. The van der Waals surface area contributed by atoms with Crippen LogP contribution in [0.4, 0.5) is 0 Å². The Balaban J connectivity index is 3.27. The molecule has 30 heavy (non-hydrogen) atoms. The summed E-state index contributed by atoms with van der Waals surface area (Å²) < 4.78 is 32.0. The summed E-state index contributed by atoms with van der Waals surface area (Å²) in [6, 6.07) is 0. The van der Waals surface area contributed by atoms with Crippen LogP contribution in [0.1, 0.15) is 41.0 Å². The van der Waals surface area contributed by atoms with Crippen molar-refractivity contribution in [3.8, 4) is 0 Å². The molecule has 1 N–H and O–H groups in total. The molecule has 1 fully saturated rings. The van der Waals surface area contributed by atoms with Crippen LogP contribution < -0.4 is 5.32 Å². The highest BCUT2D eigenvalue weighted by Gasteiger charge is 2.52. The number of thiocarbonyl (C=S) groups is 1. The molecule has 0 aliphatic carbocycles. The average molecular weight is 449 g/mol. The third kappa shape index (κ3) is 8.49. The van der Waals surface area contributed by atoms with Gasteiger partial charge in [0.15, 0.2) is 24.5 Å². The second kappa shape index (κ2) is 12.3. The zero-order valence-electron chi connectivity index (χ0n) is 17.5. The molecule has 1 aliphatic rings. The molecule has 0 unspecified atom stereocenters. The minimum atomic E-state index is -1.27. The summed E-state index contributed by atoms with van der Waals surface area (Å²) >= 11 is 5.11. The van der Waals surface area contributed by atoms with Crippen molar-refractivity contribution in [2.24, 2.45) is 0 Å². The highest BCUT2D eigenvalue weighted by atomic mass is 32.1. The van der Waals surface area contributed by atoms with E-state index >= 15 is 0 Å². The summed E-state index contributed by atoms with van der Waals surface area (Å²) in [5, 5.41) is 2.70. The average Bonchev–Trinajstić information content (AvgIpc) is 2.62. The Hall–Kier alpha value is -2.47. The van der Waals surface area contributed by atoms with Gasteiger partial charge in [0.2, 0.25) is 0 Å². The number of esters is 4. The Bertz CT molecular complexity index is 655. The van der Waals surface area contributed by atoms with Gasteiger partial charge in [-0.3, -0.25) is 19.2 Å². The first-order valence-corrected chi connectivity index (χ1v) is 9.69. The lowest BCUT2D eigenvalue weighted by Gasteiger charge is -2.44. The van der Waals surface area contributed by atoms with Gasteiger partial charge in [-0.1, -0.05) is 6.92 Å². The first-order valence-electron chi connectivity index (χ1n) is 9.28. The van der Waals surface area contributed by atoms with Gasteiger partial charge in [-0.2, -0.15) is 0 Å². The second-order valence-electron chi connectivity index (χ2n) is 6.40.